The van der Waals surface area contributed by atoms with Crippen molar-refractivity contribution in [2.24, 2.45) is 17.8 Å². The van der Waals surface area contributed by atoms with Crippen molar-refractivity contribution in [2.45, 2.75) is 39.5 Å². The summed E-state index contributed by atoms with van der Waals surface area (Å²) in [6.07, 6.45) is 5.71. The first-order valence-corrected chi connectivity index (χ1v) is 4.67. The van der Waals surface area contributed by atoms with Gasteiger partial charge < -0.3 is 4.79 Å². The van der Waals surface area contributed by atoms with Crippen LogP contribution in [0.15, 0.2) is 0 Å². The second-order valence-corrected chi connectivity index (χ2v) is 4.13. The highest BCUT2D eigenvalue weighted by atomic mass is 16.1. The van der Waals surface area contributed by atoms with Crippen LogP contribution in [0.25, 0.3) is 0 Å². The summed E-state index contributed by atoms with van der Waals surface area (Å²) in [6.45, 7) is 4.55. The van der Waals surface area contributed by atoms with E-state index >= 15 is 0 Å². The standard InChI is InChI=1S/C10H18O/c1-8(2)6-10-7-9(10)4-3-5-11/h5,8-10H,3-4,6-7H2,1-2H3. The summed E-state index contributed by atoms with van der Waals surface area (Å²) in [5.41, 5.74) is 0. The molecule has 1 aliphatic carbocycles. The van der Waals surface area contributed by atoms with Crippen LogP contribution in [-0.2, 0) is 4.79 Å². The average molecular weight is 154 g/mol. The first kappa shape index (κ1) is 8.76. The van der Waals surface area contributed by atoms with E-state index in [4.69, 9.17) is 0 Å². The lowest BCUT2D eigenvalue weighted by Crippen LogP contribution is -1.91. The maximum absolute atomic E-state index is 10.1. The Bertz CT molecular complexity index is 129. The minimum absolute atomic E-state index is 0.777. The van der Waals surface area contributed by atoms with Crippen LogP contribution >= 0.6 is 0 Å². The van der Waals surface area contributed by atoms with Gasteiger partial charge in [0.05, 0.1) is 0 Å². The molecule has 0 radical (unpaired) electrons. The molecular formula is C10H18O. The van der Waals surface area contributed by atoms with E-state index in [1.54, 1.807) is 0 Å². The Morgan fingerprint density at radius 1 is 1.45 bits per heavy atom. The van der Waals surface area contributed by atoms with Crippen molar-refractivity contribution in [1.29, 1.82) is 0 Å². The molecule has 0 spiro atoms. The number of aldehydes is 1. The van der Waals surface area contributed by atoms with Crippen LogP contribution in [0.5, 0.6) is 0 Å². The van der Waals surface area contributed by atoms with Crippen LogP contribution in [-0.4, -0.2) is 6.29 Å². The van der Waals surface area contributed by atoms with Gasteiger partial charge in [-0.05, 0) is 37.0 Å². The minimum Gasteiger partial charge on any atom is -0.303 e. The molecule has 0 N–H and O–H groups in total. The molecule has 0 aliphatic heterocycles. The summed E-state index contributed by atoms with van der Waals surface area (Å²) >= 11 is 0. The first-order chi connectivity index (χ1) is 5.24. The Balaban J connectivity index is 2.02. The normalized spacial score (nSPS) is 29.0. The highest BCUT2D eigenvalue weighted by Crippen LogP contribution is 2.45. The van der Waals surface area contributed by atoms with E-state index in [-0.39, 0.29) is 0 Å². The fourth-order valence-corrected chi connectivity index (χ4v) is 1.84. The zero-order valence-corrected chi connectivity index (χ0v) is 7.55. The molecule has 0 aromatic heterocycles. The third-order valence-electron chi connectivity index (χ3n) is 2.50. The summed E-state index contributed by atoms with van der Waals surface area (Å²) < 4.78 is 0. The van der Waals surface area contributed by atoms with Gasteiger partial charge in [0.1, 0.15) is 6.29 Å². The molecule has 2 unspecified atom stereocenters. The van der Waals surface area contributed by atoms with E-state index in [9.17, 15) is 4.79 Å². The van der Waals surface area contributed by atoms with Gasteiger partial charge in [0.15, 0.2) is 0 Å². The molecule has 1 nitrogen and oxygen atoms in total. The van der Waals surface area contributed by atoms with E-state index in [1.807, 2.05) is 0 Å². The summed E-state index contributed by atoms with van der Waals surface area (Å²) in [4.78, 5) is 10.1. The van der Waals surface area contributed by atoms with Crippen molar-refractivity contribution in [3.63, 3.8) is 0 Å². The second kappa shape index (κ2) is 3.89. The fourth-order valence-electron chi connectivity index (χ4n) is 1.84. The van der Waals surface area contributed by atoms with Crippen molar-refractivity contribution >= 4 is 6.29 Å². The lowest BCUT2D eigenvalue weighted by Gasteiger charge is -2.01. The van der Waals surface area contributed by atoms with Gasteiger partial charge in [0.2, 0.25) is 0 Å². The Morgan fingerprint density at radius 2 is 2.18 bits per heavy atom. The predicted molar refractivity (Wildman–Crippen MR) is 46.4 cm³/mol. The lowest BCUT2D eigenvalue weighted by molar-refractivity contribution is -0.108. The minimum atomic E-state index is 0.777. The molecule has 1 heteroatoms. The molecule has 1 rings (SSSR count). The smallest absolute Gasteiger partial charge is 0.120 e. The largest absolute Gasteiger partial charge is 0.303 e. The highest BCUT2D eigenvalue weighted by molar-refractivity contribution is 5.49. The van der Waals surface area contributed by atoms with Crippen molar-refractivity contribution in [3.05, 3.63) is 0 Å². The van der Waals surface area contributed by atoms with E-state index < -0.39 is 0 Å². The summed E-state index contributed by atoms with van der Waals surface area (Å²) in [5, 5.41) is 0. The molecule has 0 aromatic rings. The van der Waals surface area contributed by atoms with Crippen LogP contribution in [0.1, 0.15) is 39.5 Å². The first-order valence-electron chi connectivity index (χ1n) is 4.67. The van der Waals surface area contributed by atoms with Gasteiger partial charge in [0, 0.05) is 6.42 Å². The van der Waals surface area contributed by atoms with E-state index in [0.29, 0.717) is 0 Å². The number of carbonyl (C=O) groups is 1. The van der Waals surface area contributed by atoms with Crippen LogP contribution in [0.4, 0.5) is 0 Å². The Morgan fingerprint density at radius 3 is 2.73 bits per heavy atom. The molecular weight excluding hydrogens is 136 g/mol. The monoisotopic (exact) mass is 154 g/mol. The molecule has 0 aromatic carbocycles. The van der Waals surface area contributed by atoms with Crippen LogP contribution in [0, 0.1) is 17.8 Å². The molecule has 64 valence electrons. The maximum atomic E-state index is 10.1. The Labute approximate surface area is 69.2 Å². The summed E-state index contributed by atoms with van der Waals surface area (Å²) in [5.74, 6) is 2.68. The zero-order chi connectivity index (χ0) is 8.27. The predicted octanol–water partition coefficient (Wildman–Crippen LogP) is 2.65. The van der Waals surface area contributed by atoms with Crippen molar-refractivity contribution < 1.29 is 4.79 Å². The van der Waals surface area contributed by atoms with Gasteiger partial charge in [-0.2, -0.15) is 0 Å². The van der Waals surface area contributed by atoms with Gasteiger partial charge in [-0.1, -0.05) is 13.8 Å². The molecule has 0 heterocycles. The number of hydrogen-bond donors (Lipinski definition) is 0. The van der Waals surface area contributed by atoms with Crippen molar-refractivity contribution in [3.8, 4) is 0 Å². The Kier molecular flexibility index (Phi) is 3.10. The summed E-state index contributed by atoms with van der Waals surface area (Å²) in [7, 11) is 0. The van der Waals surface area contributed by atoms with Crippen LogP contribution in [0.3, 0.4) is 0 Å². The van der Waals surface area contributed by atoms with Crippen molar-refractivity contribution in [2.75, 3.05) is 0 Å². The van der Waals surface area contributed by atoms with Crippen LogP contribution < -0.4 is 0 Å². The molecule has 0 bridgehead atoms. The topological polar surface area (TPSA) is 17.1 Å². The zero-order valence-electron chi connectivity index (χ0n) is 7.55. The highest BCUT2D eigenvalue weighted by Gasteiger charge is 2.35. The number of rotatable bonds is 5. The summed E-state index contributed by atoms with van der Waals surface area (Å²) in [6, 6.07) is 0. The third-order valence-corrected chi connectivity index (χ3v) is 2.50. The average Bonchev–Trinajstić information content (AvgIpc) is 2.62. The van der Waals surface area contributed by atoms with Gasteiger partial charge in [-0.3, -0.25) is 0 Å². The van der Waals surface area contributed by atoms with Gasteiger partial charge >= 0.3 is 0 Å². The van der Waals surface area contributed by atoms with E-state index in [0.717, 1.165) is 36.9 Å². The van der Waals surface area contributed by atoms with Gasteiger partial charge in [0.25, 0.3) is 0 Å². The molecule has 2 atom stereocenters. The molecule has 1 fully saturated rings. The van der Waals surface area contributed by atoms with E-state index in [1.165, 1.54) is 12.8 Å². The third kappa shape index (κ3) is 3.04. The molecule has 11 heavy (non-hydrogen) atoms. The lowest BCUT2D eigenvalue weighted by atomic mass is 10.0. The van der Waals surface area contributed by atoms with Crippen molar-refractivity contribution in [1.82, 2.24) is 0 Å². The number of hydrogen-bond acceptors (Lipinski definition) is 1. The Hall–Kier alpha value is -0.330. The fraction of sp³-hybridized carbons (Fsp3) is 0.900. The SMILES string of the molecule is CC(C)CC1CC1CCC=O. The molecule has 1 aliphatic rings. The second-order valence-electron chi connectivity index (χ2n) is 4.13. The molecule has 1 saturated carbocycles. The maximum Gasteiger partial charge on any atom is 0.120 e. The van der Waals surface area contributed by atoms with E-state index in [2.05, 4.69) is 13.8 Å². The van der Waals surface area contributed by atoms with Crippen LogP contribution in [0.2, 0.25) is 0 Å². The van der Waals surface area contributed by atoms with Gasteiger partial charge in [-0.15, -0.1) is 0 Å². The quantitative estimate of drug-likeness (QED) is 0.556. The number of carbonyl (C=O) groups excluding carboxylic acids is 1. The molecule has 0 amide bonds. The molecule has 0 saturated heterocycles. The van der Waals surface area contributed by atoms with Gasteiger partial charge in [-0.25, -0.2) is 0 Å².